The maximum absolute atomic E-state index is 6.18. The lowest BCUT2D eigenvalue weighted by Gasteiger charge is -2.34. The molecule has 1 aromatic heterocycles. The summed E-state index contributed by atoms with van der Waals surface area (Å²) in [6.07, 6.45) is 3.63. The van der Waals surface area contributed by atoms with Crippen LogP contribution in [0.3, 0.4) is 0 Å². The molecule has 3 atom stereocenters. The zero-order chi connectivity index (χ0) is 21.6. The average molecular weight is 569 g/mol. The van der Waals surface area contributed by atoms with E-state index in [2.05, 4.69) is 70.1 Å². The van der Waals surface area contributed by atoms with Crippen molar-refractivity contribution in [1.82, 2.24) is 15.5 Å². The van der Waals surface area contributed by atoms with E-state index < -0.39 is 0 Å². The summed E-state index contributed by atoms with van der Waals surface area (Å²) in [5.41, 5.74) is 4.08. The molecule has 0 amide bonds. The molecule has 1 aromatic carbocycles. The summed E-state index contributed by atoms with van der Waals surface area (Å²) >= 11 is 1.90. The zero-order valence-electron chi connectivity index (χ0n) is 19.5. The van der Waals surface area contributed by atoms with Crippen LogP contribution in [-0.2, 0) is 17.7 Å². The van der Waals surface area contributed by atoms with E-state index in [1.165, 1.54) is 29.5 Å². The minimum absolute atomic E-state index is 0. The van der Waals surface area contributed by atoms with Crippen molar-refractivity contribution in [3.8, 4) is 0 Å². The Morgan fingerprint density at radius 1 is 1.25 bits per heavy atom. The molecule has 4 rings (SSSR count). The van der Waals surface area contributed by atoms with E-state index in [1.54, 1.807) is 4.88 Å². The number of nitrogens with one attached hydrogen (secondary N) is 2. The molecule has 1 saturated heterocycles. The fraction of sp³-hybridized carbons (Fsp3) is 0.560. The van der Waals surface area contributed by atoms with Gasteiger partial charge >= 0.3 is 0 Å². The molecule has 0 spiro atoms. The quantitative estimate of drug-likeness (QED) is 0.300. The Morgan fingerprint density at radius 3 is 2.84 bits per heavy atom. The van der Waals surface area contributed by atoms with Gasteiger partial charge in [-0.3, -0.25) is 9.89 Å². The molecule has 0 saturated carbocycles. The number of nitrogens with zero attached hydrogens (tertiary/aromatic N) is 2. The standard InChI is InChI=1S/C25H36N4OS.HI/c1-18-6-8-20(9-7-18)24-21(5-4-13-30-24)16-28-25(26-3)27-15-19(2)29-12-10-23-22(17-29)11-14-31-23;/h6-9,11,14,19,21,24H,4-5,10,12-13,15-17H2,1-3H3,(H2,26,27,28);1H. The Kier molecular flexibility index (Phi) is 9.82. The van der Waals surface area contributed by atoms with Gasteiger partial charge in [0, 0.05) is 56.7 Å². The van der Waals surface area contributed by atoms with Crippen molar-refractivity contribution in [2.24, 2.45) is 10.9 Å². The normalized spacial score (nSPS) is 22.5. The Labute approximate surface area is 214 Å². The Morgan fingerprint density at radius 2 is 2.06 bits per heavy atom. The molecular formula is C25H37IN4OS. The van der Waals surface area contributed by atoms with E-state index in [4.69, 9.17) is 4.74 Å². The number of hydrogen-bond donors (Lipinski definition) is 2. The molecule has 2 aromatic rings. The van der Waals surface area contributed by atoms with Crippen LogP contribution < -0.4 is 10.6 Å². The first-order valence-electron chi connectivity index (χ1n) is 11.6. The van der Waals surface area contributed by atoms with Crippen molar-refractivity contribution in [3.05, 3.63) is 57.3 Å². The van der Waals surface area contributed by atoms with Gasteiger partial charge in [0.15, 0.2) is 5.96 Å². The van der Waals surface area contributed by atoms with Crippen LogP contribution in [0.25, 0.3) is 0 Å². The van der Waals surface area contributed by atoms with Gasteiger partial charge in [-0.15, -0.1) is 35.3 Å². The summed E-state index contributed by atoms with van der Waals surface area (Å²) in [4.78, 5) is 8.59. The van der Waals surface area contributed by atoms with E-state index >= 15 is 0 Å². The number of ether oxygens (including phenoxy) is 1. The number of hydrogen-bond acceptors (Lipinski definition) is 4. The third-order valence-corrected chi connectivity index (χ3v) is 7.65. The molecule has 7 heteroatoms. The average Bonchev–Trinajstić information content (AvgIpc) is 3.28. The van der Waals surface area contributed by atoms with Crippen LogP contribution in [0, 0.1) is 12.8 Å². The molecular weight excluding hydrogens is 531 g/mol. The fourth-order valence-electron chi connectivity index (χ4n) is 4.65. The van der Waals surface area contributed by atoms with Crippen molar-refractivity contribution in [2.45, 2.75) is 51.8 Å². The minimum atomic E-state index is 0. The van der Waals surface area contributed by atoms with E-state index in [9.17, 15) is 0 Å². The van der Waals surface area contributed by atoms with Crippen LogP contribution >= 0.6 is 35.3 Å². The lowest BCUT2D eigenvalue weighted by molar-refractivity contribution is -0.0265. The number of aliphatic imine (C=N–C) groups is 1. The van der Waals surface area contributed by atoms with Gasteiger partial charge in [0.05, 0.1) is 6.10 Å². The molecule has 2 N–H and O–H groups in total. The molecule has 3 heterocycles. The summed E-state index contributed by atoms with van der Waals surface area (Å²) in [5.74, 6) is 1.33. The molecule has 0 bridgehead atoms. The second-order valence-corrected chi connectivity index (χ2v) is 9.88. The van der Waals surface area contributed by atoms with Gasteiger partial charge in [0.2, 0.25) is 0 Å². The van der Waals surface area contributed by atoms with Crippen LogP contribution in [0.2, 0.25) is 0 Å². The molecule has 2 aliphatic heterocycles. The first-order chi connectivity index (χ1) is 15.1. The van der Waals surface area contributed by atoms with Crippen molar-refractivity contribution in [2.75, 3.05) is 33.3 Å². The summed E-state index contributed by atoms with van der Waals surface area (Å²) in [5, 5.41) is 9.33. The summed E-state index contributed by atoms with van der Waals surface area (Å²) in [7, 11) is 1.85. The predicted molar refractivity (Wildman–Crippen MR) is 145 cm³/mol. The molecule has 2 aliphatic rings. The predicted octanol–water partition coefficient (Wildman–Crippen LogP) is 4.75. The number of guanidine groups is 1. The smallest absolute Gasteiger partial charge is 0.191 e. The highest BCUT2D eigenvalue weighted by atomic mass is 127. The number of halogens is 1. The lowest BCUT2D eigenvalue weighted by atomic mass is 9.89. The number of fused-ring (bicyclic) bond motifs is 1. The molecule has 0 radical (unpaired) electrons. The van der Waals surface area contributed by atoms with Gasteiger partial charge in [0.1, 0.15) is 0 Å². The fourth-order valence-corrected chi connectivity index (χ4v) is 5.53. The van der Waals surface area contributed by atoms with Gasteiger partial charge in [-0.2, -0.15) is 0 Å². The summed E-state index contributed by atoms with van der Waals surface area (Å²) < 4.78 is 6.18. The maximum atomic E-state index is 6.18. The molecule has 0 aliphatic carbocycles. The summed E-state index contributed by atoms with van der Waals surface area (Å²) in [6.45, 7) is 9.24. The highest BCUT2D eigenvalue weighted by molar-refractivity contribution is 14.0. The van der Waals surface area contributed by atoms with Crippen LogP contribution in [-0.4, -0.2) is 50.2 Å². The largest absolute Gasteiger partial charge is 0.373 e. The van der Waals surface area contributed by atoms with Crippen molar-refractivity contribution < 1.29 is 4.74 Å². The van der Waals surface area contributed by atoms with Gasteiger partial charge < -0.3 is 15.4 Å². The molecule has 176 valence electrons. The Balaban J connectivity index is 0.00000289. The van der Waals surface area contributed by atoms with Crippen molar-refractivity contribution in [3.63, 3.8) is 0 Å². The molecule has 32 heavy (non-hydrogen) atoms. The SMILES string of the molecule is CN=C(NCC1CCCOC1c1ccc(C)cc1)NCC(C)N1CCc2sccc2C1.I. The van der Waals surface area contributed by atoms with Crippen LogP contribution in [0.1, 0.15) is 47.4 Å². The van der Waals surface area contributed by atoms with E-state index in [-0.39, 0.29) is 30.1 Å². The second-order valence-electron chi connectivity index (χ2n) is 8.88. The van der Waals surface area contributed by atoms with Gasteiger partial charge in [-0.1, -0.05) is 29.8 Å². The Bertz CT molecular complexity index is 869. The van der Waals surface area contributed by atoms with E-state index in [1.807, 2.05) is 18.4 Å². The maximum Gasteiger partial charge on any atom is 0.191 e. The highest BCUT2D eigenvalue weighted by Gasteiger charge is 2.28. The molecule has 1 fully saturated rings. The van der Waals surface area contributed by atoms with Gasteiger partial charge in [-0.05, 0) is 55.7 Å². The zero-order valence-corrected chi connectivity index (χ0v) is 22.6. The topological polar surface area (TPSA) is 48.9 Å². The number of thiophene rings is 1. The van der Waals surface area contributed by atoms with E-state index in [0.29, 0.717) is 12.0 Å². The van der Waals surface area contributed by atoms with E-state index in [0.717, 1.165) is 45.2 Å². The Hall–Kier alpha value is -1.16. The molecule has 5 nitrogen and oxygen atoms in total. The van der Waals surface area contributed by atoms with Crippen molar-refractivity contribution >= 4 is 41.3 Å². The second kappa shape index (κ2) is 12.3. The van der Waals surface area contributed by atoms with Gasteiger partial charge in [0.25, 0.3) is 0 Å². The first kappa shape index (κ1) is 25.5. The van der Waals surface area contributed by atoms with Crippen LogP contribution in [0.15, 0.2) is 40.7 Å². The van der Waals surface area contributed by atoms with Crippen molar-refractivity contribution in [1.29, 1.82) is 0 Å². The molecule has 3 unspecified atom stereocenters. The third-order valence-electron chi connectivity index (χ3n) is 6.63. The van der Waals surface area contributed by atoms with Crippen LogP contribution in [0.5, 0.6) is 0 Å². The monoisotopic (exact) mass is 568 g/mol. The number of benzene rings is 1. The summed E-state index contributed by atoms with van der Waals surface area (Å²) in [6, 6.07) is 11.5. The number of rotatable bonds is 6. The number of aryl methyl sites for hydroxylation is 1. The lowest BCUT2D eigenvalue weighted by Crippen LogP contribution is -2.48. The highest BCUT2D eigenvalue weighted by Crippen LogP contribution is 2.33. The third kappa shape index (κ3) is 6.46. The van der Waals surface area contributed by atoms with Gasteiger partial charge in [-0.25, -0.2) is 0 Å². The first-order valence-corrected chi connectivity index (χ1v) is 12.4. The van der Waals surface area contributed by atoms with Crippen LogP contribution in [0.4, 0.5) is 0 Å². The minimum Gasteiger partial charge on any atom is -0.373 e.